The van der Waals surface area contributed by atoms with Gasteiger partial charge in [-0.25, -0.2) is 0 Å². The van der Waals surface area contributed by atoms with E-state index in [4.69, 9.17) is 11.6 Å². The van der Waals surface area contributed by atoms with E-state index < -0.39 is 0 Å². The van der Waals surface area contributed by atoms with Crippen molar-refractivity contribution in [2.45, 2.75) is 45.3 Å². The van der Waals surface area contributed by atoms with Gasteiger partial charge in [-0.1, -0.05) is 27.2 Å². The van der Waals surface area contributed by atoms with E-state index in [-0.39, 0.29) is 0 Å². The second kappa shape index (κ2) is 6.27. The fourth-order valence-electron chi connectivity index (χ4n) is 2.50. The van der Waals surface area contributed by atoms with Crippen LogP contribution in [-0.4, -0.2) is 16.9 Å². The molecule has 0 aliphatic heterocycles. The highest BCUT2D eigenvalue weighted by molar-refractivity contribution is 8.00. The second-order valence-electron chi connectivity index (χ2n) is 4.92. The molecular formula is C12H23ClS. The third-order valence-electron chi connectivity index (χ3n) is 3.37. The molecule has 1 saturated carbocycles. The lowest BCUT2D eigenvalue weighted by atomic mass is 9.77. The molecule has 0 aromatic heterocycles. The summed E-state index contributed by atoms with van der Waals surface area (Å²) in [5.74, 6) is 4.63. The molecule has 3 atom stereocenters. The van der Waals surface area contributed by atoms with Crippen molar-refractivity contribution in [3.05, 3.63) is 0 Å². The molecule has 1 aliphatic rings. The van der Waals surface area contributed by atoms with Crippen molar-refractivity contribution in [2.24, 2.45) is 17.8 Å². The van der Waals surface area contributed by atoms with Crippen molar-refractivity contribution in [2.75, 3.05) is 11.6 Å². The Morgan fingerprint density at radius 1 is 1.36 bits per heavy atom. The first kappa shape index (κ1) is 12.7. The molecule has 0 bridgehead atoms. The molecule has 0 nitrogen and oxygen atoms in total. The predicted molar refractivity (Wildman–Crippen MR) is 68.3 cm³/mol. The Labute approximate surface area is 98.2 Å². The largest absolute Gasteiger partial charge is 0.157 e. The molecule has 0 radical (unpaired) electrons. The molecule has 0 heterocycles. The van der Waals surface area contributed by atoms with Crippen LogP contribution < -0.4 is 0 Å². The molecule has 1 rings (SSSR count). The van der Waals surface area contributed by atoms with E-state index in [9.17, 15) is 0 Å². The highest BCUT2D eigenvalue weighted by atomic mass is 35.5. The maximum Gasteiger partial charge on any atom is 0.0314 e. The van der Waals surface area contributed by atoms with Gasteiger partial charge in [0.25, 0.3) is 0 Å². The first-order valence-electron chi connectivity index (χ1n) is 5.82. The SMILES string of the molecule is CC(C)[C@@H]1CC[C@@H](C)C[C@@H]1SCCCl. The van der Waals surface area contributed by atoms with Gasteiger partial charge in [-0.05, 0) is 30.6 Å². The fraction of sp³-hybridized carbons (Fsp3) is 1.00. The highest BCUT2D eigenvalue weighted by Crippen LogP contribution is 2.39. The maximum atomic E-state index is 5.76. The molecule has 0 aromatic rings. The molecule has 14 heavy (non-hydrogen) atoms. The van der Waals surface area contributed by atoms with E-state index in [1.54, 1.807) is 0 Å². The summed E-state index contributed by atoms with van der Waals surface area (Å²) in [5, 5.41) is 0.873. The van der Waals surface area contributed by atoms with E-state index in [1.165, 1.54) is 19.3 Å². The highest BCUT2D eigenvalue weighted by Gasteiger charge is 2.30. The Kier molecular flexibility index (Phi) is 5.69. The zero-order chi connectivity index (χ0) is 10.6. The van der Waals surface area contributed by atoms with Gasteiger partial charge in [0.2, 0.25) is 0 Å². The minimum Gasteiger partial charge on any atom is -0.157 e. The van der Waals surface area contributed by atoms with Crippen LogP contribution in [0, 0.1) is 17.8 Å². The number of hydrogen-bond donors (Lipinski definition) is 0. The lowest BCUT2D eigenvalue weighted by Gasteiger charge is -2.36. The van der Waals surface area contributed by atoms with Gasteiger partial charge in [-0.2, -0.15) is 11.8 Å². The molecule has 0 spiro atoms. The Morgan fingerprint density at radius 3 is 2.64 bits per heavy atom. The van der Waals surface area contributed by atoms with Crippen LogP contribution in [-0.2, 0) is 0 Å². The van der Waals surface area contributed by atoms with Gasteiger partial charge >= 0.3 is 0 Å². The van der Waals surface area contributed by atoms with Crippen LogP contribution in [0.25, 0.3) is 0 Å². The van der Waals surface area contributed by atoms with Crippen molar-refractivity contribution in [1.29, 1.82) is 0 Å². The average molecular weight is 235 g/mol. The Hall–Kier alpha value is 0.640. The summed E-state index contributed by atoms with van der Waals surface area (Å²) < 4.78 is 0. The average Bonchev–Trinajstić information content (AvgIpc) is 2.14. The van der Waals surface area contributed by atoms with Gasteiger partial charge in [-0.3, -0.25) is 0 Å². The quantitative estimate of drug-likeness (QED) is 0.649. The Morgan fingerprint density at radius 2 is 2.07 bits per heavy atom. The molecule has 0 saturated heterocycles. The van der Waals surface area contributed by atoms with E-state index in [2.05, 4.69) is 32.5 Å². The zero-order valence-corrected chi connectivity index (χ0v) is 11.2. The van der Waals surface area contributed by atoms with E-state index in [0.717, 1.165) is 34.6 Å². The molecule has 0 unspecified atom stereocenters. The maximum absolute atomic E-state index is 5.76. The molecule has 1 fully saturated rings. The summed E-state index contributed by atoms with van der Waals surface area (Å²) >= 11 is 7.87. The minimum absolute atomic E-state index is 0.806. The number of alkyl halides is 1. The second-order valence-corrected chi connectivity index (χ2v) is 6.65. The monoisotopic (exact) mass is 234 g/mol. The summed E-state index contributed by atoms with van der Waals surface area (Å²) in [7, 11) is 0. The van der Waals surface area contributed by atoms with E-state index >= 15 is 0 Å². The summed E-state index contributed by atoms with van der Waals surface area (Å²) in [5.41, 5.74) is 0. The summed E-state index contributed by atoms with van der Waals surface area (Å²) in [6.45, 7) is 7.13. The zero-order valence-electron chi connectivity index (χ0n) is 9.63. The smallest absolute Gasteiger partial charge is 0.0314 e. The van der Waals surface area contributed by atoms with Gasteiger partial charge in [0, 0.05) is 16.9 Å². The summed E-state index contributed by atoms with van der Waals surface area (Å²) in [4.78, 5) is 0. The standard InChI is InChI=1S/C12H23ClS/c1-9(2)11-5-4-10(3)8-12(11)14-7-6-13/h9-12H,4-8H2,1-3H3/t10-,11+,12+/m1/s1. The van der Waals surface area contributed by atoms with Crippen LogP contribution in [0.2, 0.25) is 0 Å². The lowest BCUT2D eigenvalue weighted by Crippen LogP contribution is -2.30. The molecule has 0 aromatic carbocycles. The Bertz CT molecular complexity index is 158. The number of thioether (sulfide) groups is 1. The molecule has 0 N–H and O–H groups in total. The van der Waals surface area contributed by atoms with Gasteiger partial charge in [0.1, 0.15) is 0 Å². The first-order valence-corrected chi connectivity index (χ1v) is 7.41. The minimum atomic E-state index is 0.806. The third kappa shape index (κ3) is 3.66. The van der Waals surface area contributed by atoms with Gasteiger partial charge in [0.05, 0.1) is 0 Å². The van der Waals surface area contributed by atoms with Crippen molar-refractivity contribution < 1.29 is 0 Å². The van der Waals surface area contributed by atoms with Crippen LogP contribution in [0.15, 0.2) is 0 Å². The van der Waals surface area contributed by atoms with Crippen molar-refractivity contribution in [1.82, 2.24) is 0 Å². The van der Waals surface area contributed by atoms with E-state index in [0.29, 0.717) is 0 Å². The van der Waals surface area contributed by atoms with E-state index in [1.807, 2.05) is 0 Å². The molecule has 2 heteroatoms. The van der Waals surface area contributed by atoms with Gasteiger partial charge in [-0.15, -0.1) is 11.6 Å². The topological polar surface area (TPSA) is 0 Å². The third-order valence-corrected chi connectivity index (χ3v) is 5.19. The van der Waals surface area contributed by atoms with Crippen molar-refractivity contribution >= 4 is 23.4 Å². The summed E-state index contributed by atoms with van der Waals surface area (Å²) in [6.07, 6.45) is 4.27. The summed E-state index contributed by atoms with van der Waals surface area (Å²) in [6, 6.07) is 0. The molecule has 84 valence electrons. The lowest BCUT2D eigenvalue weighted by molar-refractivity contribution is 0.244. The number of hydrogen-bond acceptors (Lipinski definition) is 1. The van der Waals surface area contributed by atoms with Gasteiger partial charge in [0.15, 0.2) is 0 Å². The molecule has 0 amide bonds. The normalized spacial score (nSPS) is 33.6. The van der Waals surface area contributed by atoms with Gasteiger partial charge < -0.3 is 0 Å². The Balaban J connectivity index is 2.45. The first-order chi connectivity index (χ1) is 6.65. The predicted octanol–water partition coefficient (Wildman–Crippen LogP) is 4.42. The van der Waals surface area contributed by atoms with Crippen LogP contribution in [0.4, 0.5) is 0 Å². The van der Waals surface area contributed by atoms with Crippen molar-refractivity contribution in [3.63, 3.8) is 0 Å². The fourth-order valence-corrected chi connectivity index (χ4v) is 4.32. The van der Waals surface area contributed by atoms with Crippen LogP contribution in [0.3, 0.4) is 0 Å². The van der Waals surface area contributed by atoms with Crippen LogP contribution >= 0.6 is 23.4 Å². The number of halogens is 1. The van der Waals surface area contributed by atoms with Crippen molar-refractivity contribution in [3.8, 4) is 0 Å². The molecular weight excluding hydrogens is 212 g/mol. The van der Waals surface area contributed by atoms with Crippen LogP contribution in [0.1, 0.15) is 40.0 Å². The number of rotatable bonds is 4. The van der Waals surface area contributed by atoms with Crippen LogP contribution in [0.5, 0.6) is 0 Å². The molecule has 1 aliphatic carbocycles.